The van der Waals surface area contributed by atoms with Gasteiger partial charge in [0.15, 0.2) is 5.78 Å². The summed E-state index contributed by atoms with van der Waals surface area (Å²) >= 11 is 1.18. The number of ketones is 2. The first-order valence-electron chi connectivity index (χ1n) is 6.89. The summed E-state index contributed by atoms with van der Waals surface area (Å²) in [5.74, 6) is -1.33. The second-order valence-electron chi connectivity index (χ2n) is 5.09. The maximum atomic E-state index is 12.6. The number of carboxylic acids is 1. The first-order valence-corrected chi connectivity index (χ1v) is 7.71. The molecule has 0 atom stereocenters. The minimum absolute atomic E-state index is 0.148. The minimum Gasteiger partial charge on any atom is -0.478 e. The summed E-state index contributed by atoms with van der Waals surface area (Å²) in [6.07, 6.45) is 0. The van der Waals surface area contributed by atoms with Crippen LogP contribution in [0.2, 0.25) is 0 Å². The molecule has 5 heteroatoms. The Kier molecular flexibility index (Phi) is 3.88. The molecule has 0 unspecified atom stereocenters. The lowest BCUT2D eigenvalue weighted by Gasteiger charge is -2.18. The van der Waals surface area contributed by atoms with Crippen LogP contribution in [0, 0.1) is 0 Å². The average molecular weight is 324 g/mol. The summed E-state index contributed by atoms with van der Waals surface area (Å²) in [6.45, 7) is 1.64. The fraction of sp³-hybridized carbons (Fsp3) is 0.0556. The van der Waals surface area contributed by atoms with Crippen LogP contribution in [0.3, 0.4) is 0 Å². The molecule has 23 heavy (non-hydrogen) atoms. The van der Waals surface area contributed by atoms with E-state index >= 15 is 0 Å². The van der Waals surface area contributed by atoms with Crippen molar-refractivity contribution in [3.05, 3.63) is 75.7 Å². The van der Waals surface area contributed by atoms with Gasteiger partial charge in [-0.05, 0) is 31.2 Å². The number of aromatic carboxylic acids is 1. The highest BCUT2D eigenvalue weighted by atomic mass is 32.2. The summed E-state index contributed by atoms with van der Waals surface area (Å²) in [7, 11) is 0. The number of Topliss-reactive ketones (excluding diaryl/α,β-unsaturated/α-hetero) is 2. The number of allylic oxidation sites excluding steroid dienone is 2. The zero-order valence-electron chi connectivity index (χ0n) is 12.2. The van der Waals surface area contributed by atoms with Crippen LogP contribution >= 0.6 is 11.8 Å². The van der Waals surface area contributed by atoms with Gasteiger partial charge in [-0.3, -0.25) is 9.59 Å². The van der Waals surface area contributed by atoms with Gasteiger partial charge in [0.05, 0.1) is 10.5 Å². The van der Waals surface area contributed by atoms with Gasteiger partial charge in [0.1, 0.15) is 0 Å². The Bertz CT molecular complexity index is 863. The fourth-order valence-electron chi connectivity index (χ4n) is 2.38. The standard InChI is InChI=1S/C18H12O4S/c1-10-15(19)13-4-2-3-5-14(13)16(20)17(10)23-12-8-6-11(7-9-12)18(21)22/h2-9H,1H3,(H,21,22). The van der Waals surface area contributed by atoms with Gasteiger partial charge in [-0.1, -0.05) is 36.0 Å². The number of carboxylic acid groups (broad SMARTS) is 1. The number of rotatable bonds is 3. The number of hydrogen-bond donors (Lipinski definition) is 1. The molecule has 0 fully saturated rings. The van der Waals surface area contributed by atoms with E-state index in [4.69, 9.17) is 5.11 Å². The highest BCUT2D eigenvalue weighted by molar-refractivity contribution is 8.04. The number of thioether (sulfide) groups is 1. The molecule has 0 radical (unpaired) electrons. The third kappa shape index (κ3) is 2.71. The molecule has 0 aromatic heterocycles. The molecule has 2 aromatic carbocycles. The molecule has 1 aliphatic carbocycles. The van der Waals surface area contributed by atoms with Crippen LogP contribution in [-0.4, -0.2) is 22.6 Å². The van der Waals surface area contributed by atoms with Gasteiger partial charge < -0.3 is 5.11 Å². The SMILES string of the molecule is CC1=C(Sc2ccc(C(=O)O)cc2)C(=O)c2ccccc2C1=O. The van der Waals surface area contributed by atoms with E-state index in [1.54, 1.807) is 43.3 Å². The molecular formula is C18H12O4S. The van der Waals surface area contributed by atoms with Crippen LogP contribution in [0.15, 0.2) is 63.9 Å². The number of fused-ring (bicyclic) bond motifs is 1. The lowest BCUT2D eigenvalue weighted by Crippen LogP contribution is -2.19. The van der Waals surface area contributed by atoms with Gasteiger partial charge in [0.2, 0.25) is 5.78 Å². The van der Waals surface area contributed by atoms with E-state index in [2.05, 4.69) is 0 Å². The predicted molar refractivity (Wildman–Crippen MR) is 87.1 cm³/mol. The Morgan fingerprint density at radius 1 is 0.913 bits per heavy atom. The zero-order valence-corrected chi connectivity index (χ0v) is 13.0. The van der Waals surface area contributed by atoms with E-state index in [-0.39, 0.29) is 17.1 Å². The normalized spacial score (nSPS) is 14.0. The van der Waals surface area contributed by atoms with E-state index in [1.807, 2.05) is 0 Å². The van der Waals surface area contributed by atoms with Gasteiger partial charge in [0.25, 0.3) is 0 Å². The molecule has 0 aliphatic heterocycles. The predicted octanol–water partition coefficient (Wildman–Crippen LogP) is 3.83. The molecule has 114 valence electrons. The van der Waals surface area contributed by atoms with Crippen molar-refractivity contribution < 1.29 is 19.5 Å². The molecule has 0 heterocycles. The van der Waals surface area contributed by atoms with Gasteiger partial charge >= 0.3 is 5.97 Å². The van der Waals surface area contributed by atoms with Crippen LogP contribution in [0.5, 0.6) is 0 Å². The second-order valence-corrected chi connectivity index (χ2v) is 6.17. The number of carbonyl (C=O) groups is 3. The molecule has 0 spiro atoms. The quantitative estimate of drug-likeness (QED) is 0.929. The van der Waals surface area contributed by atoms with Crippen LogP contribution in [0.1, 0.15) is 38.0 Å². The van der Waals surface area contributed by atoms with E-state index < -0.39 is 5.97 Å². The highest BCUT2D eigenvalue weighted by Crippen LogP contribution is 2.36. The van der Waals surface area contributed by atoms with E-state index in [0.717, 1.165) is 0 Å². The van der Waals surface area contributed by atoms with Gasteiger partial charge in [0, 0.05) is 21.6 Å². The Morgan fingerprint density at radius 3 is 2.04 bits per heavy atom. The Hall–Kier alpha value is -2.66. The monoisotopic (exact) mass is 324 g/mol. The minimum atomic E-state index is -1.00. The molecule has 0 bridgehead atoms. The van der Waals surface area contributed by atoms with Crippen molar-refractivity contribution in [3.63, 3.8) is 0 Å². The number of carbonyl (C=O) groups excluding carboxylic acids is 2. The molecule has 1 N–H and O–H groups in total. The van der Waals surface area contributed by atoms with Crippen molar-refractivity contribution in [3.8, 4) is 0 Å². The summed E-state index contributed by atoms with van der Waals surface area (Å²) in [6, 6.07) is 13.0. The third-order valence-corrected chi connectivity index (χ3v) is 4.83. The van der Waals surface area contributed by atoms with Crippen molar-refractivity contribution >= 4 is 29.3 Å². The summed E-state index contributed by atoms with van der Waals surface area (Å²) in [4.78, 5) is 37.0. The van der Waals surface area contributed by atoms with E-state index in [0.29, 0.717) is 26.5 Å². The van der Waals surface area contributed by atoms with Crippen molar-refractivity contribution in [2.75, 3.05) is 0 Å². The molecule has 0 saturated heterocycles. The van der Waals surface area contributed by atoms with Crippen LogP contribution < -0.4 is 0 Å². The Labute approximate surface area is 136 Å². The third-order valence-electron chi connectivity index (χ3n) is 3.62. The van der Waals surface area contributed by atoms with Crippen LogP contribution in [0.4, 0.5) is 0 Å². The number of benzene rings is 2. The summed E-state index contributed by atoms with van der Waals surface area (Å²) in [5, 5.41) is 8.91. The topological polar surface area (TPSA) is 71.4 Å². The molecule has 0 amide bonds. The molecule has 3 rings (SSSR count). The first kappa shape index (κ1) is 15.2. The molecule has 2 aromatic rings. The number of hydrogen-bond acceptors (Lipinski definition) is 4. The summed E-state index contributed by atoms with van der Waals surface area (Å²) < 4.78 is 0. The molecular weight excluding hydrogens is 312 g/mol. The van der Waals surface area contributed by atoms with Crippen molar-refractivity contribution in [1.82, 2.24) is 0 Å². The molecule has 4 nitrogen and oxygen atoms in total. The van der Waals surface area contributed by atoms with E-state index in [1.165, 1.54) is 23.9 Å². The van der Waals surface area contributed by atoms with Crippen molar-refractivity contribution in [1.29, 1.82) is 0 Å². The smallest absolute Gasteiger partial charge is 0.335 e. The first-order chi connectivity index (χ1) is 11.0. The Morgan fingerprint density at radius 2 is 1.48 bits per heavy atom. The lowest BCUT2D eigenvalue weighted by atomic mass is 9.90. The zero-order chi connectivity index (χ0) is 16.6. The largest absolute Gasteiger partial charge is 0.478 e. The van der Waals surface area contributed by atoms with Gasteiger partial charge in [-0.2, -0.15) is 0 Å². The second kappa shape index (κ2) is 5.85. The highest BCUT2D eigenvalue weighted by Gasteiger charge is 2.30. The van der Waals surface area contributed by atoms with Crippen molar-refractivity contribution in [2.45, 2.75) is 11.8 Å². The average Bonchev–Trinajstić information content (AvgIpc) is 2.57. The van der Waals surface area contributed by atoms with E-state index in [9.17, 15) is 14.4 Å². The van der Waals surface area contributed by atoms with Crippen LogP contribution in [-0.2, 0) is 0 Å². The fourth-order valence-corrected chi connectivity index (χ4v) is 3.34. The van der Waals surface area contributed by atoms with Crippen LogP contribution in [0.25, 0.3) is 0 Å². The van der Waals surface area contributed by atoms with Gasteiger partial charge in [-0.15, -0.1) is 0 Å². The maximum Gasteiger partial charge on any atom is 0.335 e. The summed E-state index contributed by atoms with van der Waals surface area (Å²) in [5.41, 5.74) is 1.44. The van der Waals surface area contributed by atoms with Gasteiger partial charge in [-0.25, -0.2) is 4.79 Å². The molecule has 1 aliphatic rings. The van der Waals surface area contributed by atoms with Crippen molar-refractivity contribution in [2.24, 2.45) is 0 Å². The maximum absolute atomic E-state index is 12.6. The lowest BCUT2D eigenvalue weighted by molar-refractivity contribution is 0.0696. The Balaban J connectivity index is 1.96. The molecule has 0 saturated carbocycles.